The molecule has 0 atom stereocenters. The summed E-state index contributed by atoms with van der Waals surface area (Å²) in [7, 11) is 2.76. The number of carbonyl (C=O) groups excluding carboxylic acids is 2. The van der Waals surface area contributed by atoms with Gasteiger partial charge in [0, 0.05) is 6.07 Å². The number of ether oxygens (including phenoxy) is 4. The largest absolute Gasteiger partial charge is 0.494 e. The van der Waals surface area contributed by atoms with Crippen LogP contribution in [0.5, 0.6) is 17.2 Å². The summed E-state index contributed by atoms with van der Waals surface area (Å²) in [5.41, 5.74) is 1.16. The zero-order valence-corrected chi connectivity index (χ0v) is 18.5. The van der Waals surface area contributed by atoms with Crippen molar-refractivity contribution in [1.29, 1.82) is 0 Å². The van der Waals surface area contributed by atoms with Crippen LogP contribution in [0.15, 0.2) is 66.7 Å². The summed E-state index contributed by atoms with van der Waals surface area (Å²) in [6.07, 6.45) is 0. The third-order valence-corrected chi connectivity index (χ3v) is 4.64. The number of hydrogen-bond acceptors (Lipinski definition) is 8. The summed E-state index contributed by atoms with van der Waals surface area (Å²) in [5, 5.41) is 13.4. The fourth-order valence-electron chi connectivity index (χ4n) is 2.95. The van der Waals surface area contributed by atoms with Crippen molar-refractivity contribution < 1.29 is 33.5 Å². The highest BCUT2D eigenvalue weighted by Gasteiger charge is 2.17. The number of nitrogens with zero attached hydrogens (tertiary/aromatic N) is 1. The highest BCUT2D eigenvalue weighted by Crippen LogP contribution is 2.30. The van der Waals surface area contributed by atoms with E-state index < -0.39 is 23.4 Å². The fourth-order valence-corrected chi connectivity index (χ4v) is 2.95. The highest BCUT2D eigenvalue weighted by atomic mass is 16.6. The molecule has 34 heavy (non-hydrogen) atoms. The molecule has 0 radical (unpaired) electrons. The number of carbonyl (C=O) groups is 2. The Morgan fingerprint density at radius 1 is 0.912 bits per heavy atom. The Kier molecular flexibility index (Phi) is 8.01. The van der Waals surface area contributed by atoms with Gasteiger partial charge in [0.2, 0.25) is 0 Å². The normalized spacial score (nSPS) is 10.2. The molecule has 0 saturated heterocycles. The first-order chi connectivity index (χ1) is 16.4. The summed E-state index contributed by atoms with van der Waals surface area (Å²) in [5.74, 6) is -0.491. The van der Waals surface area contributed by atoms with E-state index in [2.05, 4.69) is 5.32 Å². The van der Waals surface area contributed by atoms with Crippen molar-refractivity contribution in [2.45, 2.75) is 6.61 Å². The molecular formula is C24H22N2O8. The van der Waals surface area contributed by atoms with E-state index in [-0.39, 0.29) is 22.7 Å². The van der Waals surface area contributed by atoms with E-state index in [0.29, 0.717) is 18.1 Å². The SMILES string of the molecule is COc1cc([N+](=O)[O-])ccc1NC(=O)COC(=O)c1ccc(OCc2ccccc2)c(OC)c1. The molecule has 0 aromatic heterocycles. The van der Waals surface area contributed by atoms with Gasteiger partial charge in [0.15, 0.2) is 18.1 Å². The highest BCUT2D eigenvalue weighted by molar-refractivity contribution is 5.96. The topological polar surface area (TPSA) is 126 Å². The lowest BCUT2D eigenvalue weighted by molar-refractivity contribution is -0.384. The molecular weight excluding hydrogens is 444 g/mol. The summed E-state index contributed by atoms with van der Waals surface area (Å²) in [6, 6.07) is 17.8. The van der Waals surface area contributed by atoms with Gasteiger partial charge in [0.25, 0.3) is 11.6 Å². The molecule has 0 bridgehead atoms. The smallest absolute Gasteiger partial charge is 0.338 e. The number of rotatable bonds is 10. The summed E-state index contributed by atoms with van der Waals surface area (Å²) in [4.78, 5) is 34.9. The number of hydrogen-bond donors (Lipinski definition) is 1. The fraction of sp³-hybridized carbons (Fsp3) is 0.167. The second kappa shape index (κ2) is 11.3. The van der Waals surface area contributed by atoms with Crippen LogP contribution in [0.1, 0.15) is 15.9 Å². The molecule has 0 aliphatic rings. The predicted molar refractivity (Wildman–Crippen MR) is 122 cm³/mol. The second-order valence-corrected chi connectivity index (χ2v) is 6.91. The minimum absolute atomic E-state index is 0.102. The monoisotopic (exact) mass is 466 g/mol. The Morgan fingerprint density at radius 2 is 1.65 bits per heavy atom. The minimum Gasteiger partial charge on any atom is -0.494 e. The maximum absolute atomic E-state index is 12.4. The lowest BCUT2D eigenvalue weighted by Gasteiger charge is -2.13. The zero-order chi connectivity index (χ0) is 24.5. The third-order valence-electron chi connectivity index (χ3n) is 4.64. The molecule has 0 heterocycles. The maximum Gasteiger partial charge on any atom is 0.338 e. The molecule has 3 aromatic carbocycles. The van der Waals surface area contributed by atoms with Gasteiger partial charge >= 0.3 is 5.97 Å². The van der Waals surface area contributed by atoms with Crippen molar-refractivity contribution >= 4 is 23.3 Å². The van der Waals surface area contributed by atoms with Gasteiger partial charge < -0.3 is 24.3 Å². The van der Waals surface area contributed by atoms with E-state index in [1.54, 1.807) is 6.07 Å². The van der Waals surface area contributed by atoms with Crippen LogP contribution in [0.4, 0.5) is 11.4 Å². The average molecular weight is 466 g/mol. The number of non-ortho nitro benzene ring substituents is 1. The predicted octanol–water partition coefficient (Wildman–Crippen LogP) is 3.99. The Bertz CT molecular complexity index is 1180. The molecule has 10 heteroatoms. The maximum atomic E-state index is 12.4. The molecule has 0 aliphatic carbocycles. The Labute approximate surface area is 195 Å². The molecule has 0 saturated carbocycles. The van der Waals surface area contributed by atoms with Crippen LogP contribution in [0.25, 0.3) is 0 Å². The first kappa shape index (κ1) is 24.1. The van der Waals surface area contributed by atoms with Crippen LogP contribution >= 0.6 is 0 Å². The Balaban J connectivity index is 1.59. The van der Waals surface area contributed by atoms with E-state index in [0.717, 1.165) is 5.56 Å². The molecule has 0 fully saturated rings. The Morgan fingerprint density at radius 3 is 2.32 bits per heavy atom. The average Bonchev–Trinajstić information content (AvgIpc) is 2.86. The van der Waals surface area contributed by atoms with Gasteiger partial charge in [-0.1, -0.05) is 30.3 Å². The van der Waals surface area contributed by atoms with Gasteiger partial charge in [-0.3, -0.25) is 14.9 Å². The van der Waals surface area contributed by atoms with Crippen LogP contribution in [0.2, 0.25) is 0 Å². The molecule has 1 N–H and O–H groups in total. The molecule has 176 valence electrons. The second-order valence-electron chi connectivity index (χ2n) is 6.91. The van der Waals surface area contributed by atoms with Crippen LogP contribution < -0.4 is 19.5 Å². The molecule has 0 spiro atoms. The van der Waals surface area contributed by atoms with E-state index in [9.17, 15) is 19.7 Å². The molecule has 1 amide bonds. The zero-order valence-electron chi connectivity index (χ0n) is 18.5. The van der Waals surface area contributed by atoms with Crippen molar-refractivity contribution in [2.75, 3.05) is 26.1 Å². The number of amides is 1. The van der Waals surface area contributed by atoms with Gasteiger partial charge in [-0.2, -0.15) is 0 Å². The van der Waals surface area contributed by atoms with Crippen LogP contribution in [0.3, 0.4) is 0 Å². The number of nitro benzene ring substituents is 1. The third kappa shape index (κ3) is 6.22. The number of nitrogens with one attached hydrogen (secondary N) is 1. The number of esters is 1. The first-order valence-corrected chi connectivity index (χ1v) is 10.1. The molecule has 0 unspecified atom stereocenters. The van der Waals surface area contributed by atoms with Crippen molar-refractivity contribution in [3.63, 3.8) is 0 Å². The number of anilines is 1. The number of methoxy groups -OCH3 is 2. The minimum atomic E-state index is -0.737. The quantitative estimate of drug-likeness (QED) is 0.270. The van der Waals surface area contributed by atoms with Crippen LogP contribution in [0, 0.1) is 10.1 Å². The number of nitro groups is 1. The number of benzene rings is 3. The lowest BCUT2D eigenvalue weighted by atomic mass is 10.2. The van der Waals surface area contributed by atoms with Gasteiger partial charge in [-0.25, -0.2) is 4.79 Å². The van der Waals surface area contributed by atoms with Crippen molar-refractivity contribution in [1.82, 2.24) is 0 Å². The molecule has 3 aromatic rings. The van der Waals surface area contributed by atoms with E-state index in [4.69, 9.17) is 18.9 Å². The van der Waals surface area contributed by atoms with E-state index in [1.165, 1.54) is 44.6 Å². The first-order valence-electron chi connectivity index (χ1n) is 10.1. The standard InChI is InChI=1S/C24H22N2O8/c1-31-21-13-18(26(29)30)9-10-19(21)25-23(27)15-34-24(28)17-8-11-20(22(12-17)32-2)33-14-16-6-4-3-5-7-16/h3-13H,14-15H2,1-2H3,(H,25,27). The molecule has 0 aliphatic heterocycles. The van der Waals surface area contributed by atoms with E-state index >= 15 is 0 Å². The van der Waals surface area contributed by atoms with E-state index in [1.807, 2.05) is 30.3 Å². The Hall–Kier alpha value is -4.60. The van der Waals surface area contributed by atoms with Gasteiger partial charge in [0.1, 0.15) is 12.4 Å². The van der Waals surface area contributed by atoms with Crippen LogP contribution in [-0.2, 0) is 16.1 Å². The molecule has 10 nitrogen and oxygen atoms in total. The van der Waals surface area contributed by atoms with Gasteiger partial charge in [-0.15, -0.1) is 0 Å². The summed E-state index contributed by atoms with van der Waals surface area (Å²) < 4.78 is 21.2. The lowest BCUT2D eigenvalue weighted by Crippen LogP contribution is -2.21. The van der Waals surface area contributed by atoms with Crippen molar-refractivity contribution in [2.24, 2.45) is 0 Å². The van der Waals surface area contributed by atoms with Gasteiger partial charge in [-0.05, 0) is 29.8 Å². The van der Waals surface area contributed by atoms with Crippen LogP contribution in [-0.4, -0.2) is 37.6 Å². The van der Waals surface area contributed by atoms with Gasteiger partial charge in [0.05, 0.1) is 36.5 Å². The van der Waals surface area contributed by atoms with Crippen molar-refractivity contribution in [3.05, 3.63) is 88.0 Å². The summed E-state index contributed by atoms with van der Waals surface area (Å²) >= 11 is 0. The summed E-state index contributed by atoms with van der Waals surface area (Å²) in [6.45, 7) is -0.249. The molecule has 3 rings (SSSR count). The van der Waals surface area contributed by atoms with Crippen molar-refractivity contribution in [3.8, 4) is 17.2 Å².